The Labute approximate surface area is 188 Å². The zero-order valence-electron chi connectivity index (χ0n) is 17.7. The Bertz CT molecular complexity index is 1090. The van der Waals surface area contributed by atoms with Gasteiger partial charge in [-0.2, -0.15) is 0 Å². The Morgan fingerprint density at radius 1 is 1.15 bits per heavy atom. The molecule has 0 unspecified atom stereocenters. The van der Waals surface area contributed by atoms with Crippen LogP contribution in [0.2, 0.25) is 0 Å². The number of carboxylic acids is 1. The van der Waals surface area contributed by atoms with Crippen LogP contribution in [-0.2, 0) is 9.53 Å². The number of carboxylic acid groups (broad SMARTS) is 1. The molecule has 2 aromatic rings. The maximum Gasteiger partial charge on any atom is 0.305 e. The van der Waals surface area contributed by atoms with Gasteiger partial charge in [-0.15, -0.1) is 0 Å². The smallest absolute Gasteiger partial charge is 0.305 e. The molecule has 174 valence electrons. The number of rotatable bonds is 4. The number of hydrogen-bond acceptors (Lipinski definition) is 5. The van der Waals surface area contributed by atoms with E-state index in [1.807, 2.05) is 0 Å². The normalized spacial score (nSPS) is 22.3. The first-order valence-electron chi connectivity index (χ1n) is 10.4. The van der Waals surface area contributed by atoms with E-state index in [0.29, 0.717) is 18.9 Å². The summed E-state index contributed by atoms with van der Waals surface area (Å²) in [6, 6.07) is 6.65. The van der Waals surface area contributed by atoms with Crippen LogP contribution in [0.3, 0.4) is 0 Å². The summed E-state index contributed by atoms with van der Waals surface area (Å²) in [6.45, 7) is 0.125. The number of carbonyl (C=O) groups excluding carboxylic acids is 2. The van der Waals surface area contributed by atoms with E-state index in [0.717, 1.165) is 12.1 Å². The first-order chi connectivity index (χ1) is 15.7. The monoisotopic (exact) mass is 460 g/mol. The number of carbonyl (C=O) groups is 3. The van der Waals surface area contributed by atoms with Crippen molar-refractivity contribution < 1.29 is 37.7 Å². The Morgan fingerprint density at radius 2 is 1.88 bits per heavy atom. The van der Waals surface area contributed by atoms with Crippen LogP contribution < -0.4 is 10.1 Å². The maximum atomic E-state index is 13.4. The Morgan fingerprint density at radius 3 is 2.58 bits per heavy atom. The number of ether oxygens (including phenoxy) is 2. The number of benzene rings is 2. The molecule has 2 aliphatic heterocycles. The molecule has 4 rings (SSSR count). The standard InChI is InChI=1S/C23H22F2N2O6/c1-27-18-4-3-16(10-21(28)29)33-20(18)11-32-19-5-2-15(9-17(19)23(27)31)26-22(30)12-6-13(24)8-14(25)7-12/h2,5-9,16,18,20H,3-4,10-11H2,1H3,(H,26,30)(H,28,29)/t16-,18+,20+/m1/s1. The predicted octanol–water partition coefficient (Wildman–Crippen LogP) is 3.07. The van der Waals surface area contributed by atoms with Crippen molar-refractivity contribution in [1.82, 2.24) is 4.90 Å². The molecule has 0 bridgehead atoms. The minimum Gasteiger partial charge on any atom is -0.490 e. The van der Waals surface area contributed by atoms with Gasteiger partial charge in [-0.25, -0.2) is 8.78 Å². The SMILES string of the molecule is CN1C(=O)c2cc(NC(=O)c3cc(F)cc(F)c3)ccc2OC[C@@H]2O[C@@H](CC(=O)O)CC[C@@H]21. The fourth-order valence-corrected chi connectivity index (χ4v) is 4.19. The highest BCUT2D eigenvalue weighted by molar-refractivity contribution is 6.05. The second-order valence-electron chi connectivity index (χ2n) is 8.09. The average Bonchev–Trinajstić information content (AvgIpc) is 2.75. The molecule has 2 aromatic carbocycles. The van der Waals surface area contributed by atoms with Crippen molar-refractivity contribution in [3.63, 3.8) is 0 Å². The molecule has 33 heavy (non-hydrogen) atoms. The Balaban J connectivity index is 1.54. The molecule has 10 heteroatoms. The van der Waals surface area contributed by atoms with Gasteiger partial charge in [0.15, 0.2) is 0 Å². The molecular weight excluding hydrogens is 438 g/mol. The van der Waals surface area contributed by atoms with Crippen LogP contribution in [0.4, 0.5) is 14.5 Å². The number of nitrogens with one attached hydrogen (secondary N) is 1. The zero-order valence-corrected chi connectivity index (χ0v) is 17.7. The molecule has 2 heterocycles. The molecule has 1 fully saturated rings. The van der Waals surface area contributed by atoms with Crippen molar-refractivity contribution in [2.24, 2.45) is 0 Å². The molecule has 8 nitrogen and oxygen atoms in total. The first-order valence-corrected chi connectivity index (χ1v) is 10.4. The van der Waals surface area contributed by atoms with E-state index in [9.17, 15) is 23.2 Å². The molecule has 1 saturated heterocycles. The van der Waals surface area contributed by atoms with E-state index in [4.69, 9.17) is 14.6 Å². The summed E-state index contributed by atoms with van der Waals surface area (Å²) in [5, 5.41) is 11.6. The molecule has 3 atom stereocenters. The quantitative estimate of drug-likeness (QED) is 0.727. The third-order valence-electron chi connectivity index (χ3n) is 5.80. The van der Waals surface area contributed by atoms with Crippen LogP contribution >= 0.6 is 0 Å². The second-order valence-corrected chi connectivity index (χ2v) is 8.09. The van der Waals surface area contributed by atoms with E-state index >= 15 is 0 Å². The van der Waals surface area contributed by atoms with Crippen molar-refractivity contribution in [1.29, 1.82) is 0 Å². The van der Waals surface area contributed by atoms with Gasteiger partial charge in [-0.3, -0.25) is 14.4 Å². The van der Waals surface area contributed by atoms with Crippen molar-refractivity contribution in [3.8, 4) is 5.75 Å². The van der Waals surface area contributed by atoms with Gasteiger partial charge in [0.2, 0.25) is 0 Å². The lowest BCUT2D eigenvalue weighted by Gasteiger charge is -2.42. The zero-order chi connectivity index (χ0) is 23.7. The van der Waals surface area contributed by atoms with Gasteiger partial charge in [0, 0.05) is 24.4 Å². The summed E-state index contributed by atoms with van der Waals surface area (Å²) in [4.78, 5) is 38.2. The minimum absolute atomic E-state index is 0.115. The van der Waals surface area contributed by atoms with Gasteiger partial charge in [-0.1, -0.05) is 0 Å². The summed E-state index contributed by atoms with van der Waals surface area (Å²) in [5.74, 6) is -3.50. The highest BCUT2D eigenvalue weighted by Gasteiger charge is 2.39. The number of hydrogen-bond donors (Lipinski definition) is 2. The molecule has 0 aliphatic carbocycles. The first kappa shape index (κ1) is 22.7. The topological polar surface area (TPSA) is 105 Å². The highest BCUT2D eigenvalue weighted by atomic mass is 19.1. The summed E-state index contributed by atoms with van der Waals surface area (Å²) in [6.07, 6.45) is 0.0199. The summed E-state index contributed by atoms with van der Waals surface area (Å²) in [7, 11) is 1.64. The van der Waals surface area contributed by atoms with Gasteiger partial charge in [-0.05, 0) is 43.2 Å². The molecule has 0 radical (unpaired) electrons. The summed E-state index contributed by atoms with van der Waals surface area (Å²) >= 11 is 0. The lowest BCUT2D eigenvalue weighted by Crippen LogP contribution is -2.53. The average molecular weight is 460 g/mol. The van der Waals surface area contributed by atoms with Crippen molar-refractivity contribution >= 4 is 23.5 Å². The maximum absolute atomic E-state index is 13.4. The van der Waals surface area contributed by atoms with E-state index < -0.39 is 35.7 Å². The van der Waals surface area contributed by atoms with Crippen molar-refractivity contribution in [3.05, 3.63) is 59.2 Å². The van der Waals surface area contributed by atoms with Gasteiger partial charge in [0.25, 0.3) is 11.8 Å². The van der Waals surface area contributed by atoms with Gasteiger partial charge in [0.1, 0.15) is 30.1 Å². The minimum atomic E-state index is -0.949. The largest absolute Gasteiger partial charge is 0.490 e. The summed E-state index contributed by atoms with van der Waals surface area (Å²) in [5.41, 5.74) is 0.274. The van der Waals surface area contributed by atoms with Crippen LogP contribution in [-0.4, -0.2) is 59.7 Å². The predicted molar refractivity (Wildman–Crippen MR) is 112 cm³/mol. The molecular formula is C23H22F2N2O6. The number of anilines is 1. The van der Waals surface area contributed by atoms with Crippen LogP contribution in [0, 0.1) is 11.6 Å². The highest BCUT2D eigenvalue weighted by Crippen LogP contribution is 2.32. The molecule has 2 N–H and O–H groups in total. The van der Waals surface area contributed by atoms with Crippen LogP contribution in [0.25, 0.3) is 0 Å². The van der Waals surface area contributed by atoms with E-state index in [2.05, 4.69) is 5.32 Å². The lowest BCUT2D eigenvalue weighted by atomic mass is 9.94. The Hall–Kier alpha value is -3.53. The lowest BCUT2D eigenvalue weighted by molar-refractivity contribution is -0.148. The van der Waals surface area contributed by atoms with E-state index in [1.165, 1.54) is 23.1 Å². The van der Waals surface area contributed by atoms with E-state index in [1.54, 1.807) is 7.05 Å². The van der Waals surface area contributed by atoms with Gasteiger partial charge in [0.05, 0.1) is 24.1 Å². The van der Waals surface area contributed by atoms with Gasteiger partial charge < -0.3 is 24.8 Å². The fourth-order valence-electron chi connectivity index (χ4n) is 4.19. The number of aliphatic carboxylic acids is 1. The third kappa shape index (κ3) is 4.95. The number of likely N-dealkylation sites (N-methyl/N-ethyl adjacent to an activating group) is 1. The van der Waals surface area contributed by atoms with Crippen LogP contribution in [0.5, 0.6) is 5.75 Å². The fraction of sp³-hybridized carbons (Fsp3) is 0.348. The Kier molecular flexibility index (Phi) is 6.28. The molecule has 0 aromatic heterocycles. The number of fused-ring (bicyclic) bond motifs is 2. The molecule has 2 amide bonds. The number of amides is 2. The second kappa shape index (κ2) is 9.14. The van der Waals surface area contributed by atoms with E-state index in [-0.39, 0.29) is 47.5 Å². The van der Waals surface area contributed by atoms with Gasteiger partial charge >= 0.3 is 5.97 Å². The summed E-state index contributed by atoms with van der Waals surface area (Å²) < 4.78 is 38.6. The molecule has 0 spiro atoms. The van der Waals surface area contributed by atoms with Crippen molar-refractivity contribution in [2.45, 2.75) is 37.5 Å². The number of nitrogens with zero attached hydrogens (tertiary/aromatic N) is 1. The third-order valence-corrected chi connectivity index (χ3v) is 5.80. The molecule has 2 aliphatic rings. The molecule has 0 saturated carbocycles. The van der Waals surface area contributed by atoms with Crippen LogP contribution in [0.1, 0.15) is 40.0 Å². The van der Waals surface area contributed by atoms with Crippen LogP contribution in [0.15, 0.2) is 36.4 Å². The number of halogens is 2. The van der Waals surface area contributed by atoms with Crippen molar-refractivity contribution in [2.75, 3.05) is 19.0 Å².